The molecule has 0 N–H and O–H groups in total. The van der Waals surface area contributed by atoms with E-state index in [0.717, 1.165) is 0 Å². The summed E-state index contributed by atoms with van der Waals surface area (Å²) in [6, 6.07) is 2.58. The van der Waals surface area contributed by atoms with Crippen LogP contribution >= 0.6 is 34.8 Å². The molecule has 0 heterocycles. The summed E-state index contributed by atoms with van der Waals surface area (Å²) in [5.41, 5.74) is -0.234. The molecule has 0 amide bonds. The van der Waals surface area contributed by atoms with Gasteiger partial charge in [0.1, 0.15) is 5.56 Å². The third kappa shape index (κ3) is 1.83. The number of halogens is 3. The van der Waals surface area contributed by atoms with Crippen molar-refractivity contribution in [3.05, 3.63) is 32.8 Å². The molecule has 0 aromatic heterocycles. The molecule has 1 radical (unpaired) electrons. The Balaban J connectivity index is 3.38. The van der Waals surface area contributed by atoms with Gasteiger partial charge in [0.2, 0.25) is 0 Å². The molecule has 0 spiro atoms. The average molecular weight is 224 g/mol. The summed E-state index contributed by atoms with van der Waals surface area (Å²) >= 11 is 16.6. The van der Waals surface area contributed by atoms with Crippen LogP contribution in [0, 0.1) is 0 Å². The Labute approximate surface area is 83.7 Å². The van der Waals surface area contributed by atoms with Crippen LogP contribution in [0.3, 0.4) is 0 Å². The zero-order valence-corrected chi connectivity index (χ0v) is 7.87. The number of hydrogen-bond acceptors (Lipinski definition) is 1. The van der Waals surface area contributed by atoms with E-state index in [-0.39, 0.29) is 20.6 Å². The van der Waals surface area contributed by atoms with Crippen molar-refractivity contribution in [2.45, 2.75) is 0 Å². The molecule has 0 bridgehead atoms. The standard InChI is InChI=1S/C7H2Cl3O2/c8-3-1-4(9)6(7(11)12)5(10)2-3/h1-2H. The lowest BCUT2D eigenvalue weighted by molar-refractivity contribution is 0.0573. The zero-order valence-electron chi connectivity index (χ0n) is 5.61. The van der Waals surface area contributed by atoms with E-state index in [1.54, 1.807) is 0 Å². The maximum Gasteiger partial charge on any atom is 0.389 e. The Morgan fingerprint density at radius 1 is 1.08 bits per heavy atom. The van der Waals surface area contributed by atoms with Gasteiger partial charge in [-0.1, -0.05) is 34.8 Å². The second-order valence-corrected chi connectivity index (χ2v) is 3.28. The van der Waals surface area contributed by atoms with Gasteiger partial charge in [-0.25, -0.2) is 9.90 Å². The van der Waals surface area contributed by atoms with E-state index in [1.165, 1.54) is 12.1 Å². The van der Waals surface area contributed by atoms with Gasteiger partial charge in [0.25, 0.3) is 0 Å². The monoisotopic (exact) mass is 223 g/mol. The van der Waals surface area contributed by atoms with E-state index < -0.39 is 5.97 Å². The molecule has 63 valence electrons. The Kier molecular flexibility index (Phi) is 2.83. The summed E-state index contributed by atoms with van der Waals surface area (Å²) in [6.45, 7) is 0. The summed E-state index contributed by atoms with van der Waals surface area (Å²) in [4.78, 5) is 10.4. The first-order valence-electron chi connectivity index (χ1n) is 2.88. The molecule has 1 aromatic rings. The van der Waals surface area contributed by atoms with Crippen LogP contribution in [0.2, 0.25) is 15.1 Å². The first-order valence-corrected chi connectivity index (χ1v) is 4.01. The maximum absolute atomic E-state index is 10.4. The lowest BCUT2D eigenvalue weighted by Gasteiger charge is -2.00. The minimum Gasteiger partial charge on any atom is -0.241 e. The summed E-state index contributed by atoms with van der Waals surface area (Å²) in [6.07, 6.45) is 0. The van der Waals surface area contributed by atoms with Gasteiger partial charge in [0.05, 0.1) is 10.0 Å². The highest BCUT2D eigenvalue weighted by molar-refractivity contribution is 6.41. The van der Waals surface area contributed by atoms with Crippen molar-refractivity contribution in [3.63, 3.8) is 0 Å². The Bertz CT molecular complexity index is 312. The predicted octanol–water partition coefficient (Wildman–Crippen LogP) is 3.22. The molecule has 0 saturated carbocycles. The highest BCUT2D eigenvalue weighted by Gasteiger charge is 2.15. The summed E-state index contributed by atoms with van der Waals surface area (Å²) < 4.78 is 0. The van der Waals surface area contributed by atoms with Gasteiger partial charge in [0, 0.05) is 5.02 Å². The molecular formula is C7H2Cl3O2. The fourth-order valence-corrected chi connectivity index (χ4v) is 1.71. The van der Waals surface area contributed by atoms with E-state index in [9.17, 15) is 9.90 Å². The minimum absolute atomic E-state index is 0.0208. The smallest absolute Gasteiger partial charge is 0.241 e. The van der Waals surface area contributed by atoms with Gasteiger partial charge in [-0.2, -0.15) is 0 Å². The molecular weight excluding hydrogens is 222 g/mol. The highest BCUT2D eigenvalue weighted by atomic mass is 35.5. The number of carbonyl (C=O) groups excluding carboxylic acids is 1. The highest BCUT2D eigenvalue weighted by Crippen LogP contribution is 2.28. The van der Waals surface area contributed by atoms with Crippen molar-refractivity contribution in [1.82, 2.24) is 0 Å². The second kappa shape index (κ2) is 3.52. The number of rotatable bonds is 1. The molecule has 5 heteroatoms. The predicted molar refractivity (Wildman–Crippen MR) is 46.5 cm³/mol. The van der Waals surface area contributed by atoms with E-state index in [2.05, 4.69) is 0 Å². The third-order valence-corrected chi connectivity index (χ3v) is 2.03. The van der Waals surface area contributed by atoms with Crippen molar-refractivity contribution in [3.8, 4) is 0 Å². The largest absolute Gasteiger partial charge is 0.389 e. The third-order valence-electron chi connectivity index (χ3n) is 1.21. The Morgan fingerprint density at radius 2 is 1.50 bits per heavy atom. The van der Waals surface area contributed by atoms with E-state index in [1.807, 2.05) is 0 Å². The van der Waals surface area contributed by atoms with Crippen LogP contribution < -0.4 is 0 Å². The second-order valence-electron chi connectivity index (χ2n) is 2.03. The average Bonchev–Trinajstić information content (AvgIpc) is 1.82. The van der Waals surface area contributed by atoms with Gasteiger partial charge >= 0.3 is 5.97 Å². The summed E-state index contributed by atoms with van der Waals surface area (Å²) in [7, 11) is 0. The Morgan fingerprint density at radius 3 is 1.83 bits per heavy atom. The molecule has 0 unspecified atom stereocenters. The van der Waals surface area contributed by atoms with E-state index >= 15 is 0 Å². The molecule has 0 aliphatic heterocycles. The maximum atomic E-state index is 10.4. The first-order chi connectivity index (χ1) is 5.52. The number of carbonyl (C=O) groups is 1. The van der Waals surface area contributed by atoms with Gasteiger partial charge < -0.3 is 0 Å². The number of benzene rings is 1. The quantitative estimate of drug-likeness (QED) is 0.721. The van der Waals surface area contributed by atoms with Crippen LogP contribution in [0.5, 0.6) is 0 Å². The molecule has 0 aliphatic carbocycles. The normalized spacial score (nSPS) is 9.92. The topological polar surface area (TPSA) is 37.0 Å². The minimum atomic E-state index is -1.42. The van der Waals surface area contributed by atoms with Crippen molar-refractivity contribution in [2.24, 2.45) is 0 Å². The number of hydrogen-bond donors (Lipinski definition) is 0. The molecule has 0 fully saturated rings. The molecule has 0 aliphatic rings. The lowest BCUT2D eigenvalue weighted by atomic mass is 10.2. The fraction of sp³-hybridized carbons (Fsp3) is 0. The first kappa shape index (κ1) is 9.65. The van der Waals surface area contributed by atoms with Gasteiger partial charge in [-0.15, -0.1) is 0 Å². The molecule has 1 aromatic carbocycles. The van der Waals surface area contributed by atoms with Crippen molar-refractivity contribution >= 4 is 40.8 Å². The van der Waals surface area contributed by atoms with Crippen LogP contribution in [0.15, 0.2) is 12.1 Å². The molecule has 2 nitrogen and oxygen atoms in total. The van der Waals surface area contributed by atoms with Gasteiger partial charge in [0.15, 0.2) is 0 Å². The SMILES string of the molecule is [O]C(=O)c1c(Cl)cc(Cl)cc1Cl. The van der Waals surface area contributed by atoms with Crippen LogP contribution in [0.25, 0.3) is 0 Å². The molecule has 0 atom stereocenters. The summed E-state index contributed by atoms with van der Waals surface area (Å²) in [5.74, 6) is -1.42. The molecule has 12 heavy (non-hydrogen) atoms. The van der Waals surface area contributed by atoms with E-state index in [4.69, 9.17) is 34.8 Å². The van der Waals surface area contributed by atoms with Gasteiger partial charge in [-0.05, 0) is 12.1 Å². The van der Waals surface area contributed by atoms with Crippen LogP contribution in [-0.2, 0) is 5.11 Å². The summed E-state index contributed by atoms with van der Waals surface area (Å²) in [5, 5.41) is 10.7. The van der Waals surface area contributed by atoms with Crippen molar-refractivity contribution in [2.75, 3.05) is 0 Å². The van der Waals surface area contributed by atoms with Crippen LogP contribution in [0.4, 0.5) is 0 Å². The lowest BCUT2D eigenvalue weighted by Crippen LogP contribution is -1.96. The van der Waals surface area contributed by atoms with Gasteiger partial charge in [-0.3, -0.25) is 0 Å². The van der Waals surface area contributed by atoms with Crippen molar-refractivity contribution in [1.29, 1.82) is 0 Å². The molecule has 1 rings (SSSR count). The van der Waals surface area contributed by atoms with Crippen LogP contribution in [0.1, 0.15) is 10.4 Å². The zero-order chi connectivity index (χ0) is 9.30. The van der Waals surface area contributed by atoms with Crippen molar-refractivity contribution < 1.29 is 9.90 Å². The van der Waals surface area contributed by atoms with Crippen LogP contribution in [-0.4, -0.2) is 5.97 Å². The Hall–Kier alpha value is -0.440. The van der Waals surface area contributed by atoms with E-state index in [0.29, 0.717) is 0 Å². The molecule has 0 saturated heterocycles. The fourth-order valence-electron chi connectivity index (χ4n) is 0.737.